The Labute approximate surface area is 153 Å². The van der Waals surface area contributed by atoms with Gasteiger partial charge in [0.25, 0.3) is 0 Å². The van der Waals surface area contributed by atoms with Crippen LogP contribution in [0.3, 0.4) is 0 Å². The van der Waals surface area contributed by atoms with Crippen LogP contribution in [0.25, 0.3) is 11.2 Å². The number of hydrogen-bond donors (Lipinski definition) is 1. The molecular formula is C16H18N4O7. The van der Waals surface area contributed by atoms with Crippen molar-refractivity contribution in [2.45, 2.75) is 45.2 Å². The highest BCUT2D eigenvalue weighted by molar-refractivity contribution is 5.69. The Hall–Kier alpha value is -3.08. The van der Waals surface area contributed by atoms with Crippen LogP contribution in [0.15, 0.2) is 12.5 Å². The summed E-state index contributed by atoms with van der Waals surface area (Å²) in [5.74, 6) is -1.51. The van der Waals surface area contributed by atoms with Gasteiger partial charge in [-0.25, -0.2) is 15.0 Å². The van der Waals surface area contributed by atoms with Gasteiger partial charge in [0.05, 0.1) is 12.5 Å². The highest BCUT2D eigenvalue weighted by atomic mass is 16.6. The lowest BCUT2D eigenvalue weighted by Crippen LogP contribution is -2.40. The first-order valence-electron chi connectivity index (χ1n) is 8.14. The third-order valence-corrected chi connectivity index (χ3v) is 3.81. The topological polar surface area (TPSA) is 143 Å². The summed E-state index contributed by atoms with van der Waals surface area (Å²) in [4.78, 5) is 49.7. The van der Waals surface area contributed by atoms with Crippen LogP contribution in [0, 0.1) is 0 Å². The van der Waals surface area contributed by atoms with Gasteiger partial charge in [-0.1, -0.05) is 0 Å². The third-order valence-electron chi connectivity index (χ3n) is 3.81. The molecule has 0 aromatic carbocycles. The summed E-state index contributed by atoms with van der Waals surface area (Å²) in [5, 5.41) is 0. The number of nitrogens with zero attached hydrogens (tertiary/aromatic N) is 3. The van der Waals surface area contributed by atoms with Crippen molar-refractivity contribution in [2.75, 3.05) is 6.61 Å². The Morgan fingerprint density at radius 1 is 1.07 bits per heavy atom. The van der Waals surface area contributed by atoms with Crippen LogP contribution in [0.1, 0.15) is 32.7 Å². The van der Waals surface area contributed by atoms with Crippen molar-refractivity contribution in [3.63, 3.8) is 0 Å². The third kappa shape index (κ3) is 4.19. The van der Waals surface area contributed by atoms with Crippen LogP contribution in [-0.2, 0) is 33.3 Å². The molecule has 11 heteroatoms. The molecule has 27 heavy (non-hydrogen) atoms. The van der Waals surface area contributed by atoms with E-state index in [-0.39, 0.29) is 12.4 Å². The van der Waals surface area contributed by atoms with E-state index >= 15 is 0 Å². The number of ether oxygens (including phenoxy) is 4. The minimum absolute atomic E-state index is 0.187. The Morgan fingerprint density at radius 2 is 1.78 bits per heavy atom. The summed E-state index contributed by atoms with van der Waals surface area (Å²) in [6.45, 7) is 3.49. The first-order valence-corrected chi connectivity index (χ1v) is 8.14. The molecule has 1 aliphatic heterocycles. The normalized spacial score (nSPS) is 24.6. The van der Waals surface area contributed by atoms with Gasteiger partial charge in [0.15, 0.2) is 29.8 Å². The van der Waals surface area contributed by atoms with Crippen LogP contribution < -0.4 is 0 Å². The molecule has 2 aromatic rings. The van der Waals surface area contributed by atoms with Crippen molar-refractivity contribution in [3.05, 3.63) is 18.3 Å². The molecule has 0 bridgehead atoms. The number of esters is 3. The van der Waals surface area contributed by atoms with Gasteiger partial charge in [-0.2, -0.15) is 0 Å². The molecule has 0 radical (unpaired) electrons. The van der Waals surface area contributed by atoms with E-state index in [4.69, 9.17) is 18.9 Å². The van der Waals surface area contributed by atoms with E-state index in [2.05, 4.69) is 19.9 Å². The number of nitrogens with one attached hydrogen (secondary N) is 1. The molecule has 1 aliphatic rings. The Kier molecular flexibility index (Phi) is 5.31. The Morgan fingerprint density at radius 3 is 2.44 bits per heavy atom. The van der Waals surface area contributed by atoms with Gasteiger partial charge >= 0.3 is 17.9 Å². The number of carbonyl (C=O) groups is 3. The molecule has 3 rings (SSSR count). The number of imidazole rings is 1. The molecule has 2 aromatic heterocycles. The van der Waals surface area contributed by atoms with Crippen molar-refractivity contribution in [2.24, 2.45) is 0 Å². The standard InChI is InChI=1S/C16H18N4O7/c1-7(21)24-5-11-12(25-8(2)22)13(26-9(3)23)14(27-11)16-17-4-10-15(20-16)19-6-18-10/h4,6,11-14H,5H2,1-3H3,(H,17,18,19,20)/t11-,12-,13-,14-/m1/s1. The number of fused-ring (bicyclic) bond motifs is 1. The van der Waals surface area contributed by atoms with Gasteiger partial charge in [0.1, 0.15) is 18.2 Å². The monoisotopic (exact) mass is 378 g/mol. The largest absolute Gasteiger partial charge is 0.463 e. The molecule has 0 amide bonds. The van der Waals surface area contributed by atoms with Crippen molar-refractivity contribution in [3.8, 4) is 0 Å². The fourth-order valence-electron chi connectivity index (χ4n) is 2.81. The van der Waals surface area contributed by atoms with E-state index in [0.717, 1.165) is 0 Å². The van der Waals surface area contributed by atoms with Gasteiger partial charge in [0, 0.05) is 20.8 Å². The second-order valence-electron chi connectivity index (χ2n) is 5.91. The number of aromatic amines is 1. The molecule has 144 valence electrons. The summed E-state index contributed by atoms with van der Waals surface area (Å²) < 4.78 is 21.5. The van der Waals surface area contributed by atoms with Crippen molar-refractivity contribution in [1.29, 1.82) is 0 Å². The van der Waals surface area contributed by atoms with E-state index in [1.165, 1.54) is 33.3 Å². The highest BCUT2D eigenvalue weighted by Gasteiger charge is 2.51. The lowest BCUT2D eigenvalue weighted by molar-refractivity contribution is -0.165. The van der Waals surface area contributed by atoms with Gasteiger partial charge < -0.3 is 23.9 Å². The maximum absolute atomic E-state index is 11.6. The average molecular weight is 378 g/mol. The second kappa shape index (κ2) is 7.66. The average Bonchev–Trinajstić information content (AvgIpc) is 3.17. The first-order chi connectivity index (χ1) is 12.8. The van der Waals surface area contributed by atoms with Crippen LogP contribution in [0.2, 0.25) is 0 Å². The van der Waals surface area contributed by atoms with Gasteiger partial charge in [-0.15, -0.1) is 0 Å². The van der Waals surface area contributed by atoms with E-state index in [0.29, 0.717) is 11.2 Å². The van der Waals surface area contributed by atoms with E-state index in [9.17, 15) is 14.4 Å². The Balaban J connectivity index is 1.94. The zero-order chi connectivity index (χ0) is 19.6. The second-order valence-corrected chi connectivity index (χ2v) is 5.91. The summed E-state index contributed by atoms with van der Waals surface area (Å²) in [6.07, 6.45) is -0.820. The molecule has 0 spiro atoms. The predicted octanol–water partition coefficient (Wildman–Crippen LogP) is 0.219. The maximum atomic E-state index is 11.6. The smallest absolute Gasteiger partial charge is 0.303 e. The van der Waals surface area contributed by atoms with Crippen LogP contribution in [-0.4, -0.2) is 62.8 Å². The minimum atomic E-state index is -1.01. The van der Waals surface area contributed by atoms with Gasteiger partial charge in [-0.3, -0.25) is 14.4 Å². The van der Waals surface area contributed by atoms with Crippen LogP contribution in [0.5, 0.6) is 0 Å². The Bertz CT molecular complexity index is 867. The molecule has 1 fully saturated rings. The van der Waals surface area contributed by atoms with Crippen molar-refractivity contribution < 1.29 is 33.3 Å². The lowest BCUT2D eigenvalue weighted by Gasteiger charge is -2.22. The SMILES string of the molecule is CC(=O)OC[C@H]1O[C@@H](c2ncc3nc[nH]c3n2)[C@H](OC(C)=O)[C@@H]1OC(C)=O. The zero-order valence-corrected chi connectivity index (χ0v) is 14.9. The molecule has 0 unspecified atom stereocenters. The molecule has 11 nitrogen and oxygen atoms in total. The van der Waals surface area contributed by atoms with E-state index < -0.39 is 42.3 Å². The van der Waals surface area contributed by atoms with E-state index in [1.54, 1.807) is 0 Å². The maximum Gasteiger partial charge on any atom is 0.303 e. The number of rotatable bonds is 5. The quantitative estimate of drug-likeness (QED) is 0.567. The number of hydrogen-bond acceptors (Lipinski definition) is 10. The zero-order valence-electron chi connectivity index (χ0n) is 14.9. The van der Waals surface area contributed by atoms with Crippen LogP contribution >= 0.6 is 0 Å². The highest BCUT2D eigenvalue weighted by Crippen LogP contribution is 2.36. The van der Waals surface area contributed by atoms with E-state index in [1.807, 2.05) is 0 Å². The first kappa shape index (κ1) is 18.7. The molecule has 1 N–H and O–H groups in total. The molecule has 4 atom stereocenters. The van der Waals surface area contributed by atoms with Gasteiger partial charge in [-0.05, 0) is 0 Å². The molecule has 0 aliphatic carbocycles. The number of aromatic nitrogens is 4. The van der Waals surface area contributed by atoms with Gasteiger partial charge in [0.2, 0.25) is 0 Å². The number of carbonyl (C=O) groups excluding carboxylic acids is 3. The molecule has 3 heterocycles. The molecular weight excluding hydrogens is 360 g/mol. The predicted molar refractivity (Wildman–Crippen MR) is 87.0 cm³/mol. The summed E-state index contributed by atoms with van der Waals surface area (Å²) >= 11 is 0. The fraction of sp³-hybridized carbons (Fsp3) is 0.500. The summed E-state index contributed by atoms with van der Waals surface area (Å²) in [5.41, 5.74) is 1.02. The summed E-state index contributed by atoms with van der Waals surface area (Å²) in [6, 6.07) is 0. The van der Waals surface area contributed by atoms with Crippen molar-refractivity contribution >= 4 is 29.1 Å². The molecule has 0 saturated carbocycles. The summed E-state index contributed by atoms with van der Waals surface area (Å²) in [7, 11) is 0. The lowest BCUT2D eigenvalue weighted by atomic mass is 10.1. The minimum Gasteiger partial charge on any atom is -0.463 e. The van der Waals surface area contributed by atoms with Crippen LogP contribution in [0.4, 0.5) is 0 Å². The molecule has 1 saturated heterocycles. The fourth-order valence-corrected chi connectivity index (χ4v) is 2.81. The number of H-pyrrole nitrogens is 1. The van der Waals surface area contributed by atoms with Crippen molar-refractivity contribution in [1.82, 2.24) is 19.9 Å².